The number of nitrogens with zero attached hydrogens (tertiary/aromatic N) is 2. The predicted molar refractivity (Wildman–Crippen MR) is 114 cm³/mol. The highest BCUT2D eigenvalue weighted by atomic mass is 31.2. The van der Waals surface area contributed by atoms with Gasteiger partial charge in [0.2, 0.25) is 7.37 Å². The maximum atomic E-state index is 12.8. The normalized spacial score (nSPS) is 14.0. The number of hydrogen-bond acceptors (Lipinski definition) is 8. The van der Waals surface area contributed by atoms with Gasteiger partial charge in [0, 0.05) is 13.3 Å². The minimum absolute atomic E-state index is 0.0233. The highest BCUT2D eigenvalue weighted by Gasteiger charge is 2.33. The van der Waals surface area contributed by atoms with Crippen molar-refractivity contribution in [3.63, 3.8) is 0 Å². The highest BCUT2D eigenvalue weighted by molar-refractivity contribution is 7.57. The molecule has 1 aromatic rings. The summed E-state index contributed by atoms with van der Waals surface area (Å²) < 4.78 is 33.8. The molecule has 9 nitrogen and oxygen atoms in total. The molecule has 0 aromatic carbocycles. The summed E-state index contributed by atoms with van der Waals surface area (Å²) in [5.41, 5.74) is -1.02. The smallest absolute Gasteiger partial charge is 0.425 e. The van der Waals surface area contributed by atoms with Gasteiger partial charge in [-0.25, -0.2) is 14.6 Å². The van der Waals surface area contributed by atoms with E-state index in [2.05, 4.69) is 4.98 Å². The molecule has 30 heavy (non-hydrogen) atoms. The van der Waals surface area contributed by atoms with Crippen molar-refractivity contribution < 1.29 is 32.9 Å². The van der Waals surface area contributed by atoms with Gasteiger partial charge in [0.15, 0.2) is 0 Å². The van der Waals surface area contributed by atoms with Crippen LogP contribution in [0.2, 0.25) is 0 Å². The average molecular weight is 444 g/mol. The van der Waals surface area contributed by atoms with Crippen molar-refractivity contribution in [1.29, 1.82) is 0 Å². The van der Waals surface area contributed by atoms with Crippen LogP contribution in [0, 0.1) is 0 Å². The molecule has 0 aliphatic heterocycles. The number of aromatic nitrogens is 1. The van der Waals surface area contributed by atoms with Crippen LogP contribution in [0.15, 0.2) is 18.3 Å². The zero-order valence-electron chi connectivity index (χ0n) is 19.1. The van der Waals surface area contributed by atoms with E-state index in [0.717, 1.165) is 4.90 Å². The van der Waals surface area contributed by atoms with Crippen LogP contribution in [-0.4, -0.2) is 48.4 Å². The Balaban J connectivity index is 3.17. The Morgan fingerprint density at radius 2 is 1.57 bits per heavy atom. The highest BCUT2D eigenvalue weighted by Crippen LogP contribution is 2.49. The Hall–Kier alpha value is -1.96. The second kappa shape index (κ2) is 10.4. The van der Waals surface area contributed by atoms with Crippen LogP contribution < -0.4 is 4.90 Å². The molecule has 0 radical (unpaired) electrons. The second-order valence-corrected chi connectivity index (χ2v) is 11.1. The van der Waals surface area contributed by atoms with E-state index in [1.54, 1.807) is 54.5 Å². The summed E-state index contributed by atoms with van der Waals surface area (Å²) in [6.07, 6.45) is -0.295. The van der Waals surface area contributed by atoms with Crippen LogP contribution in [0.5, 0.6) is 0 Å². The first-order valence-electron chi connectivity index (χ1n) is 9.62. The molecule has 0 aliphatic rings. The van der Waals surface area contributed by atoms with Gasteiger partial charge in [-0.05, 0) is 60.1 Å². The zero-order valence-corrected chi connectivity index (χ0v) is 19.9. The number of carbonyl (C=O) groups is 2. The van der Waals surface area contributed by atoms with Crippen molar-refractivity contribution in [3.05, 3.63) is 23.9 Å². The quantitative estimate of drug-likeness (QED) is 0.530. The molecule has 0 saturated carbocycles. The Bertz CT molecular complexity index is 729. The van der Waals surface area contributed by atoms with Crippen molar-refractivity contribution in [1.82, 2.24) is 4.98 Å². The third kappa shape index (κ3) is 8.81. The summed E-state index contributed by atoms with van der Waals surface area (Å²) in [5.74, 6) is 0.0280. The lowest BCUT2D eigenvalue weighted by atomic mass is 10.2. The molecule has 2 amide bonds. The monoisotopic (exact) mass is 444 g/mol. The third-order valence-electron chi connectivity index (χ3n) is 3.30. The summed E-state index contributed by atoms with van der Waals surface area (Å²) in [7, 11) is -1.58. The molecular formula is C20H33N2O7P. The number of imide groups is 1. The molecule has 1 rings (SSSR count). The van der Waals surface area contributed by atoms with E-state index in [-0.39, 0.29) is 24.9 Å². The van der Waals surface area contributed by atoms with Gasteiger partial charge in [-0.15, -0.1) is 0 Å². The number of pyridine rings is 1. The number of hydrogen-bond donors (Lipinski definition) is 0. The van der Waals surface area contributed by atoms with Gasteiger partial charge in [0.1, 0.15) is 23.4 Å². The van der Waals surface area contributed by atoms with Gasteiger partial charge in [0.25, 0.3) is 0 Å². The summed E-state index contributed by atoms with van der Waals surface area (Å²) in [5, 5.41) is 0. The molecule has 1 unspecified atom stereocenters. The molecule has 170 valence electrons. The lowest BCUT2D eigenvalue weighted by Gasteiger charge is -2.28. The first kappa shape index (κ1) is 26.1. The van der Waals surface area contributed by atoms with Crippen molar-refractivity contribution in [2.24, 2.45) is 0 Å². The number of carbonyl (C=O) groups excluding carboxylic acids is 2. The molecule has 0 fully saturated rings. The number of anilines is 1. The van der Waals surface area contributed by atoms with Gasteiger partial charge >= 0.3 is 12.2 Å². The van der Waals surface area contributed by atoms with Crippen LogP contribution >= 0.6 is 7.37 Å². The maximum Gasteiger partial charge on any atom is 0.425 e. The van der Waals surface area contributed by atoms with Gasteiger partial charge < -0.3 is 18.7 Å². The Morgan fingerprint density at radius 1 is 1.03 bits per heavy atom. The topological polar surface area (TPSA) is 104 Å². The van der Waals surface area contributed by atoms with Crippen molar-refractivity contribution >= 4 is 25.4 Å². The standard InChI is InChI=1S/C20H33N2O7P/c1-9-27-30(25,14-26-8)13-15-10-11-16(21-12-15)22(17(23)28-19(2,3)4)18(24)29-20(5,6)7/h10-12H,9,13-14H2,1-8H3. The van der Waals surface area contributed by atoms with Gasteiger partial charge in [-0.2, -0.15) is 4.90 Å². The van der Waals surface area contributed by atoms with Gasteiger partial charge in [-0.3, -0.25) is 4.57 Å². The summed E-state index contributed by atoms with van der Waals surface area (Å²) in [6.45, 7) is 12.2. The molecule has 1 atom stereocenters. The lowest BCUT2D eigenvalue weighted by molar-refractivity contribution is 0.0429. The Morgan fingerprint density at radius 3 is 1.93 bits per heavy atom. The summed E-state index contributed by atoms with van der Waals surface area (Å²) in [4.78, 5) is 30.2. The Labute approximate surface area is 178 Å². The largest absolute Gasteiger partial charge is 0.443 e. The zero-order chi connectivity index (χ0) is 23.2. The molecule has 0 aliphatic carbocycles. The van der Waals surface area contributed by atoms with E-state index in [9.17, 15) is 14.2 Å². The van der Waals surface area contributed by atoms with Gasteiger partial charge in [-0.1, -0.05) is 6.07 Å². The van der Waals surface area contributed by atoms with Crippen LogP contribution in [0.1, 0.15) is 54.0 Å². The average Bonchev–Trinajstić information content (AvgIpc) is 2.53. The van der Waals surface area contributed by atoms with Crippen molar-refractivity contribution in [2.45, 2.75) is 65.8 Å². The fourth-order valence-electron chi connectivity index (χ4n) is 2.36. The minimum atomic E-state index is -3.03. The van der Waals surface area contributed by atoms with Crippen molar-refractivity contribution in [3.8, 4) is 0 Å². The van der Waals surface area contributed by atoms with Crippen LogP contribution in [0.4, 0.5) is 15.4 Å². The molecule has 0 saturated heterocycles. The first-order chi connectivity index (χ1) is 13.7. The first-order valence-corrected chi connectivity index (χ1v) is 11.6. The summed E-state index contributed by atoms with van der Waals surface area (Å²) >= 11 is 0. The molecule has 0 N–H and O–H groups in total. The van der Waals surface area contributed by atoms with E-state index >= 15 is 0 Å². The predicted octanol–water partition coefficient (Wildman–Crippen LogP) is 5.18. The number of rotatable bonds is 7. The molecule has 0 spiro atoms. The Kier molecular flexibility index (Phi) is 9.02. The number of ether oxygens (including phenoxy) is 3. The van der Waals surface area contributed by atoms with E-state index in [4.69, 9.17) is 18.7 Å². The second-order valence-electron chi connectivity index (χ2n) is 8.63. The van der Waals surface area contributed by atoms with Crippen LogP contribution in [-0.2, 0) is 29.5 Å². The van der Waals surface area contributed by atoms with Crippen LogP contribution in [0.3, 0.4) is 0 Å². The molecule has 1 heterocycles. The number of amides is 2. The third-order valence-corrected chi connectivity index (χ3v) is 5.53. The maximum absolute atomic E-state index is 12.8. The lowest BCUT2D eigenvalue weighted by Crippen LogP contribution is -2.44. The van der Waals surface area contributed by atoms with E-state index in [0.29, 0.717) is 5.56 Å². The van der Waals surface area contributed by atoms with E-state index < -0.39 is 30.8 Å². The fraction of sp³-hybridized carbons (Fsp3) is 0.650. The van der Waals surface area contributed by atoms with Gasteiger partial charge in [0.05, 0.1) is 12.8 Å². The molecular weight excluding hydrogens is 411 g/mol. The molecule has 1 aromatic heterocycles. The minimum Gasteiger partial charge on any atom is -0.443 e. The number of methoxy groups -OCH3 is 1. The van der Waals surface area contributed by atoms with E-state index in [1.807, 2.05) is 0 Å². The molecule has 10 heteroatoms. The van der Waals surface area contributed by atoms with Crippen LogP contribution in [0.25, 0.3) is 0 Å². The fourth-order valence-corrected chi connectivity index (χ4v) is 4.22. The summed E-state index contributed by atoms with van der Waals surface area (Å²) in [6, 6.07) is 3.08. The van der Waals surface area contributed by atoms with Crippen molar-refractivity contribution in [2.75, 3.05) is 25.0 Å². The SMILES string of the molecule is CCOP(=O)(COC)Cc1ccc(N(C(=O)OC(C)(C)C)C(=O)OC(C)(C)C)nc1. The molecule has 0 bridgehead atoms. The van der Waals surface area contributed by atoms with E-state index in [1.165, 1.54) is 19.4 Å².